The van der Waals surface area contributed by atoms with Gasteiger partial charge in [0.05, 0.1) is 28.6 Å². The molecule has 3 nitrogen and oxygen atoms in total. The van der Waals surface area contributed by atoms with Crippen molar-refractivity contribution in [2.75, 3.05) is 0 Å². The molecule has 1 fully saturated rings. The highest BCUT2D eigenvalue weighted by atomic mass is 35.5. The summed E-state index contributed by atoms with van der Waals surface area (Å²) in [6.07, 6.45) is 3.51. The minimum atomic E-state index is -0.425. The van der Waals surface area contributed by atoms with E-state index in [9.17, 15) is 9.90 Å². The fraction of sp³-hybridized carbons (Fsp3) is 0.500. The number of rotatable bonds is 3. The summed E-state index contributed by atoms with van der Waals surface area (Å²) < 4.78 is 0. The van der Waals surface area contributed by atoms with Gasteiger partial charge in [0, 0.05) is 0 Å². The van der Waals surface area contributed by atoms with Crippen molar-refractivity contribution < 1.29 is 9.90 Å². The summed E-state index contributed by atoms with van der Waals surface area (Å²) in [6.45, 7) is 0. The number of aliphatic hydroxyl groups is 1. The zero-order valence-electron chi connectivity index (χ0n) is 10.5. The molecule has 0 bridgehead atoms. The van der Waals surface area contributed by atoms with Crippen molar-refractivity contribution in [1.29, 1.82) is 0 Å². The predicted octanol–water partition coefficient (Wildman–Crippen LogP) is 2.96. The second-order valence-electron chi connectivity index (χ2n) is 4.95. The van der Waals surface area contributed by atoms with Gasteiger partial charge in [-0.2, -0.15) is 0 Å². The maximum Gasteiger partial charge on any atom is 0.224 e. The molecule has 0 radical (unpaired) electrons. The number of carbonyl (C=O) groups is 1. The van der Waals surface area contributed by atoms with Gasteiger partial charge in [0.2, 0.25) is 5.91 Å². The maximum atomic E-state index is 11.9. The highest BCUT2D eigenvalue weighted by molar-refractivity contribution is 6.42. The first-order chi connectivity index (χ1) is 9.06. The standard InChI is InChI=1S/C14H17Cl2NO2/c15-10-6-5-9(7-11(10)16)8-14(19)17-12-3-1-2-4-13(12)18/h5-7,12-13,18H,1-4,8H2,(H,17,19). The van der Waals surface area contributed by atoms with E-state index in [0.29, 0.717) is 10.0 Å². The minimum Gasteiger partial charge on any atom is -0.391 e. The SMILES string of the molecule is O=C(Cc1ccc(Cl)c(Cl)c1)NC1CCCCC1O. The first kappa shape index (κ1) is 14.6. The first-order valence-electron chi connectivity index (χ1n) is 6.47. The van der Waals surface area contributed by atoms with Gasteiger partial charge in [0.25, 0.3) is 0 Å². The van der Waals surface area contributed by atoms with E-state index in [4.69, 9.17) is 23.2 Å². The van der Waals surface area contributed by atoms with Gasteiger partial charge >= 0.3 is 0 Å². The van der Waals surface area contributed by atoms with Gasteiger partial charge in [0.15, 0.2) is 0 Å². The number of aliphatic hydroxyl groups excluding tert-OH is 1. The molecule has 1 aliphatic rings. The predicted molar refractivity (Wildman–Crippen MR) is 76.6 cm³/mol. The number of carbonyl (C=O) groups excluding carboxylic acids is 1. The Balaban J connectivity index is 1.91. The molecule has 104 valence electrons. The van der Waals surface area contributed by atoms with Crippen molar-refractivity contribution >= 4 is 29.1 Å². The molecule has 5 heteroatoms. The lowest BCUT2D eigenvalue weighted by Gasteiger charge is -2.28. The van der Waals surface area contributed by atoms with Gasteiger partial charge in [-0.15, -0.1) is 0 Å². The average molecular weight is 302 g/mol. The molecule has 1 amide bonds. The third kappa shape index (κ3) is 4.10. The third-order valence-corrected chi connectivity index (χ3v) is 4.16. The fourth-order valence-electron chi connectivity index (χ4n) is 2.37. The van der Waals surface area contributed by atoms with Crippen molar-refractivity contribution in [3.8, 4) is 0 Å². The van der Waals surface area contributed by atoms with Crippen LogP contribution in [-0.2, 0) is 11.2 Å². The van der Waals surface area contributed by atoms with Crippen LogP contribution in [-0.4, -0.2) is 23.2 Å². The topological polar surface area (TPSA) is 49.3 Å². The molecular formula is C14H17Cl2NO2. The van der Waals surface area contributed by atoms with Crippen molar-refractivity contribution in [3.63, 3.8) is 0 Å². The zero-order chi connectivity index (χ0) is 13.8. The highest BCUT2D eigenvalue weighted by Crippen LogP contribution is 2.23. The molecule has 0 aliphatic heterocycles. The Labute approximate surface area is 122 Å². The van der Waals surface area contributed by atoms with E-state index in [-0.39, 0.29) is 18.4 Å². The summed E-state index contributed by atoms with van der Waals surface area (Å²) in [6, 6.07) is 5.04. The second kappa shape index (κ2) is 6.60. The number of halogens is 2. The summed E-state index contributed by atoms with van der Waals surface area (Å²) in [4.78, 5) is 11.9. The summed E-state index contributed by atoms with van der Waals surface area (Å²) in [7, 11) is 0. The summed E-state index contributed by atoms with van der Waals surface area (Å²) in [5, 5.41) is 13.6. The van der Waals surface area contributed by atoms with E-state index in [0.717, 1.165) is 31.2 Å². The smallest absolute Gasteiger partial charge is 0.224 e. The molecule has 2 unspecified atom stereocenters. The van der Waals surface area contributed by atoms with Crippen LogP contribution in [0.3, 0.4) is 0 Å². The van der Waals surface area contributed by atoms with Gasteiger partial charge in [0.1, 0.15) is 0 Å². The van der Waals surface area contributed by atoms with Crippen LogP contribution in [0.5, 0.6) is 0 Å². The van der Waals surface area contributed by atoms with Gasteiger partial charge in [-0.25, -0.2) is 0 Å². The Kier molecular flexibility index (Phi) is 5.08. The lowest BCUT2D eigenvalue weighted by molar-refractivity contribution is -0.122. The van der Waals surface area contributed by atoms with Crippen LogP contribution >= 0.6 is 23.2 Å². The van der Waals surface area contributed by atoms with E-state index in [2.05, 4.69) is 5.32 Å². The van der Waals surface area contributed by atoms with Crippen LogP contribution in [0, 0.1) is 0 Å². The van der Waals surface area contributed by atoms with E-state index < -0.39 is 6.10 Å². The Hall–Kier alpha value is -0.770. The quantitative estimate of drug-likeness (QED) is 0.902. The first-order valence-corrected chi connectivity index (χ1v) is 7.23. The summed E-state index contributed by atoms with van der Waals surface area (Å²) >= 11 is 11.7. The lowest BCUT2D eigenvalue weighted by atomic mass is 9.92. The Morgan fingerprint density at radius 1 is 1.26 bits per heavy atom. The molecule has 2 N–H and O–H groups in total. The van der Waals surface area contributed by atoms with Crippen LogP contribution < -0.4 is 5.32 Å². The van der Waals surface area contributed by atoms with Crippen LogP contribution in [0.15, 0.2) is 18.2 Å². The fourth-order valence-corrected chi connectivity index (χ4v) is 2.69. The van der Waals surface area contributed by atoms with E-state index in [1.807, 2.05) is 0 Å². The Morgan fingerprint density at radius 2 is 2.00 bits per heavy atom. The van der Waals surface area contributed by atoms with Crippen LogP contribution in [0.25, 0.3) is 0 Å². The molecule has 0 aromatic heterocycles. The highest BCUT2D eigenvalue weighted by Gasteiger charge is 2.24. The van der Waals surface area contributed by atoms with E-state index >= 15 is 0 Å². The maximum absolute atomic E-state index is 11.9. The summed E-state index contributed by atoms with van der Waals surface area (Å²) in [5.41, 5.74) is 0.817. The van der Waals surface area contributed by atoms with Crippen LogP contribution in [0.4, 0.5) is 0 Å². The monoisotopic (exact) mass is 301 g/mol. The molecule has 1 aliphatic carbocycles. The van der Waals surface area contributed by atoms with E-state index in [1.54, 1.807) is 18.2 Å². The van der Waals surface area contributed by atoms with Crippen LogP contribution in [0.2, 0.25) is 10.0 Å². The van der Waals surface area contributed by atoms with E-state index in [1.165, 1.54) is 0 Å². The minimum absolute atomic E-state index is 0.0932. The Morgan fingerprint density at radius 3 is 2.68 bits per heavy atom. The number of hydrogen-bond donors (Lipinski definition) is 2. The Bertz CT molecular complexity index is 465. The second-order valence-corrected chi connectivity index (χ2v) is 5.77. The zero-order valence-corrected chi connectivity index (χ0v) is 12.0. The molecule has 1 aromatic rings. The normalized spacial score (nSPS) is 23.1. The van der Waals surface area contributed by atoms with Gasteiger partial charge in [-0.3, -0.25) is 4.79 Å². The number of benzene rings is 1. The largest absolute Gasteiger partial charge is 0.391 e. The molecule has 0 heterocycles. The van der Waals surface area contributed by atoms with Crippen molar-refractivity contribution in [2.45, 2.75) is 44.2 Å². The van der Waals surface area contributed by atoms with Crippen molar-refractivity contribution in [1.82, 2.24) is 5.32 Å². The van der Waals surface area contributed by atoms with Gasteiger partial charge in [-0.05, 0) is 30.5 Å². The van der Waals surface area contributed by atoms with Crippen molar-refractivity contribution in [2.24, 2.45) is 0 Å². The molecule has 1 saturated carbocycles. The average Bonchev–Trinajstić information content (AvgIpc) is 2.37. The number of nitrogens with one attached hydrogen (secondary N) is 1. The lowest BCUT2D eigenvalue weighted by Crippen LogP contribution is -2.45. The van der Waals surface area contributed by atoms with Crippen LogP contribution in [0.1, 0.15) is 31.2 Å². The summed E-state index contributed by atoms with van der Waals surface area (Å²) in [5.74, 6) is -0.0932. The molecular weight excluding hydrogens is 285 g/mol. The molecule has 1 aromatic carbocycles. The molecule has 2 rings (SSSR count). The van der Waals surface area contributed by atoms with Crippen molar-refractivity contribution in [3.05, 3.63) is 33.8 Å². The number of amides is 1. The molecule has 0 spiro atoms. The molecule has 19 heavy (non-hydrogen) atoms. The van der Waals surface area contributed by atoms with Gasteiger partial charge < -0.3 is 10.4 Å². The van der Waals surface area contributed by atoms with Gasteiger partial charge in [-0.1, -0.05) is 42.1 Å². The molecule has 0 saturated heterocycles. The molecule has 2 atom stereocenters. The third-order valence-electron chi connectivity index (χ3n) is 3.42. The number of hydrogen-bond acceptors (Lipinski definition) is 2.